The van der Waals surface area contributed by atoms with Crippen molar-refractivity contribution in [2.45, 2.75) is 13.2 Å². The molecule has 0 bridgehead atoms. The van der Waals surface area contributed by atoms with E-state index in [4.69, 9.17) is 9.26 Å². The first-order chi connectivity index (χ1) is 13.2. The Kier molecular flexibility index (Phi) is 4.65. The van der Waals surface area contributed by atoms with E-state index < -0.39 is 11.6 Å². The molecule has 0 atom stereocenters. The van der Waals surface area contributed by atoms with E-state index in [0.29, 0.717) is 23.6 Å². The monoisotopic (exact) mass is 367 g/mol. The molecule has 0 amide bonds. The Bertz CT molecular complexity index is 1030. The van der Waals surface area contributed by atoms with E-state index in [9.17, 15) is 8.78 Å². The minimum atomic E-state index is -0.625. The van der Waals surface area contributed by atoms with Crippen molar-refractivity contribution < 1.29 is 18.0 Å². The summed E-state index contributed by atoms with van der Waals surface area (Å²) in [6, 6.07) is 12.5. The number of nitrogens with zero attached hydrogens (tertiary/aromatic N) is 3. The first-order valence-electron chi connectivity index (χ1n) is 8.26. The number of hydrogen-bond acceptors (Lipinski definition) is 4. The van der Waals surface area contributed by atoms with Gasteiger partial charge in [-0.15, -0.1) is 0 Å². The number of ether oxygens (including phenoxy) is 1. The second-order valence-electron chi connectivity index (χ2n) is 5.96. The molecule has 0 saturated carbocycles. The van der Waals surface area contributed by atoms with Crippen LogP contribution in [0.1, 0.15) is 11.3 Å². The summed E-state index contributed by atoms with van der Waals surface area (Å²) in [7, 11) is 0. The van der Waals surface area contributed by atoms with Gasteiger partial charge in [-0.05, 0) is 36.4 Å². The topological polar surface area (TPSA) is 53.1 Å². The molecule has 0 aliphatic heterocycles. The van der Waals surface area contributed by atoms with Gasteiger partial charge in [0.05, 0.1) is 12.9 Å². The van der Waals surface area contributed by atoms with Gasteiger partial charge in [-0.25, -0.2) is 13.8 Å². The van der Waals surface area contributed by atoms with Gasteiger partial charge in [-0.2, -0.15) is 0 Å². The van der Waals surface area contributed by atoms with Crippen LogP contribution in [0.4, 0.5) is 8.78 Å². The average Bonchev–Trinajstić information content (AvgIpc) is 3.34. The summed E-state index contributed by atoms with van der Waals surface area (Å²) < 4.78 is 39.4. The van der Waals surface area contributed by atoms with Crippen molar-refractivity contribution in [1.82, 2.24) is 14.7 Å². The Morgan fingerprint density at radius 3 is 2.63 bits per heavy atom. The molecule has 0 unspecified atom stereocenters. The molecule has 2 aromatic heterocycles. The van der Waals surface area contributed by atoms with E-state index in [0.717, 1.165) is 17.4 Å². The van der Waals surface area contributed by atoms with Crippen molar-refractivity contribution in [2.75, 3.05) is 0 Å². The number of imidazole rings is 1. The van der Waals surface area contributed by atoms with Gasteiger partial charge in [0.25, 0.3) is 0 Å². The SMILES string of the molecule is Fc1ccc(COc2ccc(-c3cc(Cn4ccnc4)on3)cc2)c(F)c1. The number of halogens is 2. The lowest BCUT2D eigenvalue weighted by molar-refractivity contribution is 0.299. The maximum atomic E-state index is 13.6. The van der Waals surface area contributed by atoms with Crippen molar-refractivity contribution >= 4 is 0 Å². The quantitative estimate of drug-likeness (QED) is 0.505. The molecule has 0 saturated heterocycles. The normalized spacial score (nSPS) is 10.9. The van der Waals surface area contributed by atoms with Gasteiger partial charge < -0.3 is 13.8 Å². The zero-order valence-electron chi connectivity index (χ0n) is 14.2. The summed E-state index contributed by atoms with van der Waals surface area (Å²) in [4.78, 5) is 3.99. The number of rotatable bonds is 6. The average molecular weight is 367 g/mol. The van der Waals surface area contributed by atoms with Gasteiger partial charge in [0.15, 0.2) is 5.76 Å². The van der Waals surface area contributed by atoms with Crippen molar-refractivity contribution in [3.8, 4) is 17.0 Å². The van der Waals surface area contributed by atoms with Crippen LogP contribution in [0.5, 0.6) is 5.75 Å². The lowest BCUT2D eigenvalue weighted by atomic mass is 10.1. The Balaban J connectivity index is 1.40. The standard InChI is InChI=1S/C20H15F2N3O2/c21-16-4-1-15(19(22)9-16)12-26-17-5-2-14(3-6-17)20-10-18(27-24-20)11-25-8-7-23-13-25/h1-10,13H,11-12H2. The Hall–Kier alpha value is -3.48. The van der Waals surface area contributed by atoms with Crippen molar-refractivity contribution in [2.24, 2.45) is 0 Å². The van der Waals surface area contributed by atoms with Crippen LogP contribution in [0.3, 0.4) is 0 Å². The first kappa shape index (κ1) is 17.0. The molecular formula is C20H15F2N3O2. The Morgan fingerprint density at radius 2 is 1.89 bits per heavy atom. The van der Waals surface area contributed by atoms with Crippen LogP contribution in [-0.2, 0) is 13.2 Å². The molecule has 0 aliphatic carbocycles. The van der Waals surface area contributed by atoms with Gasteiger partial charge in [0, 0.05) is 35.7 Å². The highest BCUT2D eigenvalue weighted by molar-refractivity contribution is 5.59. The summed E-state index contributed by atoms with van der Waals surface area (Å²) in [5.41, 5.74) is 1.87. The highest BCUT2D eigenvalue weighted by Gasteiger charge is 2.08. The minimum absolute atomic E-state index is 0.0183. The summed E-state index contributed by atoms with van der Waals surface area (Å²) in [5, 5.41) is 4.08. The molecule has 5 nitrogen and oxygen atoms in total. The van der Waals surface area contributed by atoms with E-state index in [2.05, 4.69) is 10.1 Å². The zero-order chi connectivity index (χ0) is 18.6. The minimum Gasteiger partial charge on any atom is -0.489 e. The van der Waals surface area contributed by atoms with Gasteiger partial charge in [0.2, 0.25) is 0 Å². The Morgan fingerprint density at radius 1 is 1.04 bits per heavy atom. The molecule has 136 valence electrons. The highest BCUT2D eigenvalue weighted by Crippen LogP contribution is 2.23. The maximum Gasteiger partial charge on any atom is 0.157 e. The van der Waals surface area contributed by atoms with E-state index in [1.54, 1.807) is 24.7 Å². The third-order valence-corrected chi connectivity index (χ3v) is 4.02. The van der Waals surface area contributed by atoms with Gasteiger partial charge in [0.1, 0.15) is 29.7 Å². The molecule has 0 spiro atoms. The molecule has 4 rings (SSSR count). The second kappa shape index (κ2) is 7.41. The molecule has 0 radical (unpaired) electrons. The molecule has 4 aromatic rings. The van der Waals surface area contributed by atoms with Crippen LogP contribution in [0.25, 0.3) is 11.3 Å². The van der Waals surface area contributed by atoms with Gasteiger partial charge in [-0.1, -0.05) is 5.16 Å². The summed E-state index contributed by atoms with van der Waals surface area (Å²) in [6.45, 7) is 0.571. The molecule has 2 heterocycles. The van der Waals surface area contributed by atoms with E-state index >= 15 is 0 Å². The largest absolute Gasteiger partial charge is 0.489 e. The lowest BCUT2D eigenvalue weighted by Crippen LogP contribution is -1.99. The summed E-state index contributed by atoms with van der Waals surface area (Å²) in [6.07, 6.45) is 5.25. The molecular weight excluding hydrogens is 352 g/mol. The summed E-state index contributed by atoms with van der Waals surface area (Å²) in [5.74, 6) is 0.0555. The predicted molar refractivity (Wildman–Crippen MR) is 94.0 cm³/mol. The van der Waals surface area contributed by atoms with Gasteiger partial charge >= 0.3 is 0 Å². The van der Waals surface area contributed by atoms with Crippen LogP contribution in [-0.4, -0.2) is 14.7 Å². The second-order valence-corrected chi connectivity index (χ2v) is 5.96. The van der Waals surface area contributed by atoms with Crippen molar-refractivity contribution in [3.63, 3.8) is 0 Å². The third kappa shape index (κ3) is 4.03. The van der Waals surface area contributed by atoms with E-state index in [1.165, 1.54) is 12.1 Å². The zero-order valence-corrected chi connectivity index (χ0v) is 14.2. The van der Waals surface area contributed by atoms with Crippen LogP contribution >= 0.6 is 0 Å². The van der Waals surface area contributed by atoms with Gasteiger partial charge in [-0.3, -0.25) is 0 Å². The lowest BCUT2D eigenvalue weighted by Gasteiger charge is -2.07. The van der Waals surface area contributed by atoms with E-state index in [1.807, 2.05) is 29.0 Å². The molecule has 27 heavy (non-hydrogen) atoms. The van der Waals surface area contributed by atoms with Crippen molar-refractivity contribution in [1.29, 1.82) is 0 Å². The molecule has 7 heteroatoms. The van der Waals surface area contributed by atoms with Crippen LogP contribution in [0.15, 0.2) is 71.8 Å². The fourth-order valence-corrected chi connectivity index (χ4v) is 2.61. The number of aromatic nitrogens is 3. The fraction of sp³-hybridized carbons (Fsp3) is 0.100. The number of benzene rings is 2. The van der Waals surface area contributed by atoms with Crippen LogP contribution < -0.4 is 4.74 Å². The van der Waals surface area contributed by atoms with Crippen LogP contribution in [0, 0.1) is 11.6 Å². The molecule has 0 aliphatic rings. The third-order valence-electron chi connectivity index (χ3n) is 4.02. The smallest absolute Gasteiger partial charge is 0.157 e. The van der Waals surface area contributed by atoms with Crippen molar-refractivity contribution in [3.05, 3.63) is 90.2 Å². The van der Waals surface area contributed by atoms with Crippen LogP contribution in [0.2, 0.25) is 0 Å². The predicted octanol–water partition coefficient (Wildman–Crippen LogP) is 4.44. The summed E-state index contributed by atoms with van der Waals surface area (Å²) >= 11 is 0. The highest BCUT2D eigenvalue weighted by atomic mass is 19.1. The molecule has 0 N–H and O–H groups in total. The maximum absolute atomic E-state index is 13.6. The molecule has 0 fully saturated rings. The number of hydrogen-bond donors (Lipinski definition) is 0. The fourth-order valence-electron chi connectivity index (χ4n) is 2.61. The Labute approximate surface area is 153 Å². The first-order valence-corrected chi connectivity index (χ1v) is 8.26. The van der Waals surface area contributed by atoms with E-state index in [-0.39, 0.29) is 6.61 Å². The molecule has 2 aromatic carbocycles.